The van der Waals surface area contributed by atoms with Gasteiger partial charge in [-0.05, 0) is 30.5 Å². The van der Waals surface area contributed by atoms with Crippen molar-refractivity contribution in [1.29, 1.82) is 0 Å². The van der Waals surface area contributed by atoms with Gasteiger partial charge in [0.15, 0.2) is 0 Å². The number of hydrogen-bond acceptors (Lipinski definition) is 6. The summed E-state index contributed by atoms with van der Waals surface area (Å²) in [7, 11) is 0. The summed E-state index contributed by atoms with van der Waals surface area (Å²) in [6, 6.07) is 6.25. The Labute approximate surface area is 131 Å². The number of hydrogen-bond donors (Lipinski definition) is 1. The minimum absolute atomic E-state index is 0.119. The first-order valence-corrected chi connectivity index (χ1v) is 7.96. The van der Waals surface area contributed by atoms with Crippen LogP contribution in [0.1, 0.15) is 19.4 Å². The Balaban J connectivity index is 1.92. The normalized spacial score (nSPS) is 26.1. The maximum atomic E-state index is 6.23. The van der Waals surface area contributed by atoms with Crippen LogP contribution in [0.5, 0.6) is 0 Å². The second-order valence-electron chi connectivity index (χ2n) is 6.41. The van der Waals surface area contributed by atoms with Crippen molar-refractivity contribution in [2.24, 2.45) is 16.3 Å². The van der Waals surface area contributed by atoms with E-state index in [2.05, 4.69) is 35.2 Å². The van der Waals surface area contributed by atoms with Gasteiger partial charge in [0.25, 0.3) is 0 Å². The van der Waals surface area contributed by atoms with E-state index in [0.717, 1.165) is 43.2 Å². The standard InChI is InChI=1S/C16H25N5O/c1-11(2)15-16(20-6-8-22-9-7-20)21(19-18-15)14-5-4-12(3)10-13(14)17/h4-5,10-11,15-16H,6-9,17H2,1-3H3. The van der Waals surface area contributed by atoms with Crippen LogP contribution < -0.4 is 10.7 Å². The number of morpholine rings is 1. The van der Waals surface area contributed by atoms with Gasteiger partial charge in [0.1, 0.15) is 12.2 Å². The average Bonchev–Trinajstić information content (AvgIpc) is 2.93. The van der Waals surface area contributed by atoms with Crippen molar-refractivity contribution in [2.75, 3.05) is 37.0 Å². The molecule has 3 rings (SSSR count). The van der Waals surface area contributed by atoms with Crippen LogP contribution >= 0.6 is 0 Å². The summed E-state index contributed by atoms with van der Waals surface area (Å²) >= 11 is 0. The van der Waals surface area contributed by atoms with Crippen molar-refractivity contribution in [2.45, 2.75) is 33.0 Å². The lowest BCUT2D eigenvalue weighted by Crippen LogP contribution is -2.55. The lowest BCUT2D eigenvalue weighted by molar-refractivity contribution is 0.0112. The molecule has 0 amide bonds. The average molecular weight is 303 g/mol. The van der Waals surface area contributed by atoms with E-state index in [9.17, 15) is 0 Å². The van der Waals surface area contributed by atoms with E-state index < -0.39 is 0 Å². The number of benzene rings is 1. The van der Waals surface area contributed by atoms with Crippen molar-refractivity contribution >= 4 is 11.4 Å². The van der Waals surface area contributed by atoms with Crippen LogP contribution in [0.15, 0.2) is 28.5 Å². The third kappa shape index (κ3) is 2.80. The minimum Gasteiger partial charge on any atom is -0.397 e. The molecule has 2 heterocycles. The zero-order valence-corrected chi connectivity index (χ0v) is 13.6. The van der Waals surface area contributed by atoms with E-state index in [1.807, 2.05) is 24.1 Å². The summed E-state index contributed by atoms with van der Waals surface area (Å²) in [4.78, 5) is 2.41. The van der Waals surface area contributed by atoms with Gasteiger partial charge < -0.3 is 10.5 Å². The molecule has 2 N–H and O–H groups in total. The number of anilines is 2. The quantitative estimate of drug-likeness (QED) is 0.871. The molecule has 1 aromatic carbocycles. The molecule has 0 spiro atoms. The van der Waals surface area contributed by atoms with Crippen LogP contribution in [0.3, 0.4) is 0 Å². The molecule has 0 bridgehead atoms. The first-order valence-electron chi connectivity index (χ1n) is 7.96. The summed E-state index contributed by atoms with van der Waals surface area (Å²) < 4.78 is 5.49. The Morgan fingerprint density at radius 3 is 2.64 bits per heavy atom. The Bertz CT molecular complexity index is 553. The van der Waals surface area contributed by atoms with Crippen molar-refractivity contribution in [1.82, 2.24) is 4.90 Å². The number of nitrogens with zero attached hydrogens (tertiary/aromatic N) is 4. The van der Waals surface area contributed by atoms with Crippen LogP contribution in [0.25, 0.3) is 0 Å². The van der Waals surface area contributed by atoms with Gasteiger partial charge in [-0.2, -0.15) is 5.11 Å². The number of nitrogens with two attached hydrogens (primary N) is 1. The number of nitrogen functional groups attached to an aromatic ring is 1. The highest BCUT2D eigenvalue weighted by molar-refractivity contribution is 5.68. The predicted octanol–water partition coefficient (Wildman–Crippen LogP) is 2.45. The molecule has 2 aliphatic heterocycles. The fraction of sp³-hybridized carbons (Fsp3) is 0.625. The molecule has 0 aliphatic carbocycles. The molecule has 0 radical (unpaired) electrons. The van der Waals surface area contributed by atoms with Gasteiger partial charge in [-0.3, -0.25) is 4.90 Å². The van der Waals surface area contributed by atoms with E-state index in [4.69, 9.17) is 10.5 Å². The van der Waals surface area contributed by atoms with Crippen molar-refractivity contribution in [3.05, 3.63) is 23.8 Å². The molecule has 22 heavy (non-hydrogen) atoms. The van der Waals surface area contributed by atoms with E-state index in [1.54, 1.807) is 0 Å². The highest BCUT2D eigenvalue weighted by atomic mass is 16.5. The van der Waals surface area contributed by atoms with Gasteiger partial charge in [-0.1, -0.05) is 25.1 Å². The highest BCUT2D eigenvalue weighted by Crippen LogP contribution is 2.35. The van der Waals surface area contributed by atoms with Gasteiger partial charge in [-0.25, -0.2) is 5.01 Å². The van der Waals surface area contributed by atoms with E-state index >= 15 is 0 Å². The van der Waals surface area contributed by atoms with Gasteiger partial charge >= 0.3 is 0 Å². The van der Waals surface area contributed by atoms with Crippen molar-refractivity contribution < 1.29 is 4.74 Å². The predicted molar refractivity (Wildman–Crippen MR) is 87.7 cm³/mol. The minimum atomic E-state index is 0.119. The zero-order chi connectivity index (χ0) is 15.7. The molecule has 1 aromatic rings. The van der Waals surface area contributed by atoms with Gasteiger partial charge in [0.05, 0.1) is 24.6 Å². The van der Waals surface area contributed by atoms with E-state index in [0.29, 0.717) is 5.92 Å². The second kappa shape index (κ2) is 6.22. The molecule has 6 nitrogen and oxygen atoms in total. The fourth-order valence-electron chi connectivity index (χ4n) is 3.14. The van der Waals surface area contributed by atoms with E-state index in [-0.39, 0.29) is 12.2 Å². The summed E-state index contributed by atoms with van der Waals surface area (Å²) in [5, 5.41) is 11.0. The third-order valence-corrected chi connectivity index (χ3v) is 4.37. The molecular weight excluding hydrogens is 278 g/mol. The molecule has 1 fully saturated rings. The molecule has 120 valence electrons. The van der Waals surface area contributed by atoms with Crippen LogP contribution in [0.2, 0.25) is 0 Å². The topological polar surface area (TPSA) is 66.5 Å². The maximum absolute atomic E-state index is 6.23. The van der Waals surface area contributed by atoms with Crippen molar-refractivity contribution in [3.63, 3.8) is 0 Å². The largest absolute Gasteiger partial charge is 0.397 e. The Morgan fingerprint density at radius 1 is 1.27 bits per heavy atom. The SMILES string of the molecule is Cc1ccc(N2N=NC(C(C)C)C2N2CCOCC2)c(N)c1. The Hall–Kier alpha value is -1.66. The van der Waals surface area contributed by atoms with Crippen LogP contribution in [-0.4, -0.2) is 43.4 Å². The molecule has 0 aromatic heterocycles. The van der Waals surface area contributed by atoms with Gasteiger partial charge in [0.2, 0.25) is 0 Å². The molecule has 2 unspecified atom stereocenters. The number of ether oxygens (including phenoxy) is 1. The number of aryl methyl sites for hydroxylation is 1. The summed E-state index contributed by atoms with van der Waals surface area (Å²) in [6.45, 7) is 9.76. The molecule has 2 aliphatic rings. The van der Waals surface area contributed by atoms with Crippen LogP contribution in [0, 0.1) is 12.8 Å². The molecule has 2 atom stereocenters. The fourth-order valence-corrected chi connectivity index (χ4v) is 3.14. The lowest BCUT2D eigenvalue weighted by Gasteiger charge is -2.39. The summed E-state index contributed by atoms with van der Waals surface area (Å²) in [5.41, 5.74) is 9.07. The molecule has 6 heteroatoms. The third-order valence-electron chi connectivity index (χ3n) is 4.37. The second-order valence-corrected chi connectivity index (χ2v) is 6.41. The highest BCUT2D eigenvalue weighted by Gasteiger charge is 2.40. The molecular formula is C16H25N5O. The Kier molecular flexibility index (Phi) is 4.31. The lowest BCUT2D eigenvalue weighted by atomic mass is 10.0. The molecule has 0 saturated carbocycles. The first kappa shape index (κ1) is 15.2. The summed E-state index contributed by atoms with van der Waals surface area (Å²) in [6.07, 6.45) is 0.119. The first-order chi connectivity index (χ1) is 10.6. The zero-order valence-electron chi connectivity index (χ0n) is 13.6. The van der Waals surface area contributed by atoms with Gasteiger partial charge in [0, 0.05) is 13.1 Å². The smallest absolute Gasteiger partial charge is 0.131 e. The maximum Gasteiger partial charge on any atom is 0.131 e. The summed E-state index contributed by atoms with van der Waals surface area (Å²) in [5.74, 6) is 0.424. The van der Waals surface area contributed by atoms with Crippen LogP contribution in [-0.2, 0) is 4.74 Å². The van der Waals surface area contributed by atoms with Crippen molar-refractivity contribution in [3.8, 4) is 0 Å². The Morgan fingerprint density at radius 2 is 2.00 bits per heavy atom. The molecule has 1 saturated heterocycles. The van der Waals surface area contributed by atoms with E-state index in [1.165, 1.54) is 0 Å². The number of rotatable bonds is 3. The van der Waals surface area contributed by atoms with Crippen LogP contribution in [0.4, 0.5) is 11.4 Å². The monoisotopic (exact) mass is 303 g/mol. The van der Waals surface area contributed by atoms with Gasteiger partial charge in [-0.15, -0.1) is 0 Å².